The Morgan fingerprint density at radius 3 is 2.53 bits per heavy atom. The van der Waals surface area contributed by atoms with Gasteiger partial charge in [0.2, 0.25) is 5.95 Å². The van der Waals surface area contributed by atoms with Crippen LogP contribution in [-0.2, 0) is 0 Å². The molecule has 0 aliphatic heterocycles. The van der Waals surface area contributed by atoms with Gasteiger partial charge in [0.05, 0.1) is 16.2 Å². The van der Waals surface area contributed by atoms with Crippen LogP contribution < -0.4 is 10.6 Å². The number of aromatic nitrogens is 5. The highest BCUT2D eigenvalue weighted by Gasteiger charge is 2.17. The number of nitrogens with one attached hydrogen (secondary N) is 3. The first-order valence-electron chi connectivity index (χ1n) is 9.41. The molecule has 10 nitrogen and oxygen atoms in total. The van der Waals surface area contributed by atoms with Gasteiger partial charge < -0.3 is 15.6 Å². The molecule has 3 aromatic heterocycles. The minimum Gasteiger partial charge on any atom is -0.368 e. The number of hydrogen-bond acceptors (Lipinski definition) is 8. The summed E-state index contributed by atoms with van der Waals surface area (Å²) in [5, 5.41) is 16.7. The third-order valence-electron chi connectivity index (χ3n) is 4.40. The number of anilines is 2. The summed E-state index contributed by atoms with van der Waals surface area (Å²) in [7, 11) is 0. The summed E-state index contributed by atoms with van der Waals surface area (Å²) >= 11 is 0. The van der Waals surface area contributed by atoms with Crippen LogP contribution in [0.2, 0.25) is 0 Å². The van der Waals surface area contributed by atoms with E-state index in [9.17, 15) is 18.9 Å². The maximum Gasteiger partial charge on any atom is 0.287 e. The molecule has 162 valence electrons. The van der Waals surface area contributed by atoms with E-state index < -0.39 is 16.6 Å². The van der Waals surface area contributed by atoms with Crippen molar-refractivity contribution in [1.29, 1.82) is 0 Å². The molecule has 1 aromatic carbocycles. The lowest BCUT2D eigenvalue weighted by molar-refractivity contribution is -0.385. The lowest BCUT2D eigenvalue weighted by Gasteiger charge is -2.11. The lowest BCUT2D eigenvalue weighted by Crippen LogP contribution is -2.16. The van der Waals surface area contributed by atoms with Gasteiger partial charge in [0, 0.05) is 49.4 Å². The minimum atomic E-state index is -0.756. The first kappa shape index (κ1) is 20.8. The number of rotatable bonds is 8. The SMILES string of the molecule is O=[N+]([O-])c1ccc(NCCNc2ncc(-c3ncc[nH]3)c(-c3ccc(F)cc3F)n2)nc1. The molecule has 3 N–H and O–H groups in total. The fraction of sp³-hybridized carbons (Fsp3) is 0.100. The third kappa shape index (κ3) is 4.64. The van der Waals surface area contributed by atoms with Crippen molar-refractivity contribution in [2.45, 2.75) is 0 Å². The molecule has 0 atom stereocenters. The number of halogens is 2. The van der Waals surface area contributed by atoms with Crippen molar-refractivity contribution in [2.75, 3.05) is 23.7 Å². The zero-order chi connectivity index (χ0) is 22.5. The van der Waals surface area contributed by atoms with E-state index in [1.54, 1.807) is 12.4 Å². The lowest BCUT2D eigenvalue weighted by atomic mass is 10.1. The third-order valence-corrected chi connectivity index (χ3v) is 4.40. The smallest absolute Gasteiger partial charge is 0.287 e. The Bertz CT molecular complexity index is 1230. The van der Waals surface area contributed by atoms with Gasteiger partial charge in [0.1, 0.15) is 29.5 Å². The van der Waals surface area contributed by atoms with Gasteiger partial charge in [-0.1, -0.05) is 0 Å². The highest BCUT2D eigenvalue weighted by atomic mass is 19.1. The van der Waals surface area contributed by atoms with Crippen LogP contribution in [0, 0.1) is 21.7 Å². The van der Waals surface area contributed by atoms with Crippen LogP contribution in [0.1, 0.15) is 0 Å². The van der Waals surface area contributed by atoms with Crippen molar-refractivity contribution < 1.29 is 13.7 Å². The second-order valence-electron chi connectivity index (χ2n) is 6.53. The van der Waals surface area contributed by atoms with E-state index in [-0.39, 0.29) is 22.9 Å². The molecule has 32 heavy (non-hydrogen) atoms. The molecular formula is C20H16F2N8O2. The maximum atomic E-state index is 14.5. The molecule has 4 rings (SSSR count). The van der Waals surface area contributed by atoms with Gasteiger partial charge in [-0.3, -0.25) is 10.1 Å². The fourth-order valence-corrected chi connectivity index (χ4v) is 2.90. The van der Waals surface area contributed by atoms with E-state index in [1.807, 2.05) is 0 Å². The molecule has 0 fully saturated rings. The van der Waals surface area contributed by atoms with Crippen LogP contribution in [-0.4, -0.2) is 42.9 Å². The topological polar surface area (TPSA) is 135 Å². The van der Waals surface area contributed by atoms with Crippen LogP contribution in [0.3, 0.4) is 0 Å². The van der Waals surface area contributed by atoms with E-state index in [1.165, 1.54) is 24.4 Å². The molecule has 0 saturated carbocycles. The van der Waals surface area contributed by atoms with E-state index in [2.05, 4.69) is 35.6 Å². The summed E-state index contributed by atoms with van der Waals surface area (Å²) in [4.78, 5) is 29.8. The van der Waals surface area contributed by atoms with E-state index >= 15 is 0 Å². The van der Waals surface area contributed by atoms with Crippen molar-refractivity contribution >= 4 is 17.5 Å². The van der Waals surface area contributed by atoms with E-state index in [0.717, 1.165) is 18.3 Å². The molecule has 12 heteroatoms. The number of H-pyrrole nitrogens is 1. The number of hydrogen-bond donors (Lipinski definition) is 3. The van der Waals surface area contributed by atoms with Gasteiger partial charge in [-0.2, -0.15) is 0 Å². The quantitative estimate of drug-likeness (QED) is 0.216. The van der Waals surface area contributed by atoms with Crippen LogP contribution in [0.4, 0.5) is 26.2 Å². The Balaban J connectivity index is 1.49. The molecule has 0 aliphatic rings. The van der Waals surface area contributed by atoms with Gasteiger partial charge in [0.25, 0.3) is 5.69 Å². The average Bonchev–Trinajstić information content (AvgIpc) is 3.32. The van der Waals surface area contributed by atoms with Crippen molar-refractivity contribution in [3.63, 3.8) is 0 Å². The van der Waals surface area contributed by atoms with Crippen LogP contribution in [0.15, 0.2) is 55.1 Å². The van der Waals surface area contributed by atoms with Gasteiger partial charge in [-0.05, 0) is 18.2 Å². The zero-order valence-electron chi connectivity index (χ0n) is 16.4. The van der Waals surface area contributed by atoms with Crippen LogP contribution >= 0.6 is 0 Å². The summed E-state index contributed by atoms with van der Waals surface area (Å²) < 4.78 is 27.8. The zero-order valence-corrected chi connectivity index (χ0v) is 16.4. The first-order chi connectivity index (χ1) is 15.5. The Morgan fingerprint density at radius 1 is 1.00 bits per heavy atom. The molecular weight excluding hydrogens is 422 g/mol. The Hall–Kier alpha value is -4.48. The number of nitrogens with zero attached hydrogens (tertiary/aromatic N) is 5. The van der Waals surface area contributed by atoms with Crippen molar-refractivity contribution in [3.8, 4) is 22.6 Å². The van der Waals surface area contributed by atoms with Gasteiger partial charge >= 0.3 is 0 Å². The summed E-state index contributed by atoms with van der Waals surface area (Å²) in [6, 6.07) is 6.11. The van der Waals surface area contributed by atoms with Gasteiger partial charge in [-0.25, -0.2) is 28.7 Å². The molecule has 0 radical (unpaired) electrons. The Labute approximate surface area is 180 Å². The van der Waals surface area contributed by atoms with Gasteiger partial charge in [-0.15, -0.1) is 0 Å². The maximum absolute atomic E-state index is 14.5. The summed E-state index contributed by atoms with van der Waals surface area (Å²) in [6.45, 7) is 0.790. The summed E-state index contributed by atoms with van der Waals surface area (Å²) in [5.41, 5.74) is 0.718. The number of imidazole rings is 1. The molecule has 0 spiro atoms. The Morgan fingerprint density at radius 2 is 1.84 bits per heavy atom. The molecule has 0 amide bonds. The van der Waals surface area contributed by atoms with Crippen LogP contribution in [0.25, 0.3) is 22.6 Å². The normalized spacial score (nSPS) is 10.7. The number of benzene rings is 1. The molecule has 0 saturated heterocycles. The van der Waals surface area contributed by atoms with Crippen LogP contribution in [0.5, 0.6) is 0 Å². The van der Waals surface area contributed by atoms with E-state index in [4.69, 9.17) is 0 Å². The minimum absolute atomic E-state index is 0.0979. The largest absolute Gasteiger partial charge is 0.368 e. The Kier molecular flexibility index (Phi) is 5.92. The number of aromatic amines is 1. The second kappa shape index (κ2) is 9.12. The number of pyridine rings is 1. The fourth-order valence-electron chi connectivity index (χ4n) is 2.90. The highest BCUT2D eigenvalue weighted by Crippen LogP contribution is 2.30. The standard InChI is InChI=1S/C20H16F2N8O2/c21-12-1-3-14(16(22)9-12)18-15(19-24-6-7-25-19)11-28-20(29-18)26-8-5-23-17-4-2-13(10-27-17)30(31)32/h1-4,6-7,9-11H,5,8H2,(H,23,27)(H,24,25)(H,26,28,29). The summed E-state index contributed by atoms with van der Waals surface area (Å²) in [6.07, 6.45) is 5.82. The van der Waals surface area contributed by atoms with Crippen molar-refractivity contribution in [3.05, 3.63) is 76.9 Å². The average molecular weight is 438 g/mol. The monoisotopic (exact) mass is 438 g/mol. The predicted molar refractivity (Wildman–Crippen MR) is 113 cm³/mol. The molecule has 0 bridgehead atoms. The van der Waals surface area contributed by atoms with E-state index in [0.29, 0.717) is 30.3 Å². The second-order valence-corrected chi connectivity index (χ2v) is 6.53. The molecule has 3 heterocycles. The molecule has 4 aromatic rings. The van der Waals surface area contributed by atoms with Crippen molar-refractivity contribution in [1.82, 2.24) is 24.9 Å². The van der Waals surface area contributed by atoms with Gasteiger partial charge in [0.15, 0.2) is 0 Å². The number of nitro groups is 1. The van der Waals surface area contributed by atoms with Crippen molar-refractivity contribution in [2.24, 2.45) is 0 Å². The molecule has 0 unspecified atom stereocenters. The summed E-state index contributed by atoms with van der Waals surface area (Å²) in [5.74, 6) is -0.295. The highest BCUT2D eigenvalue weighted by molar-refractivity contribution is 5.78. The predicted octanol–water partition coefficient (Wildman–Crippen LogP) is 3.64. The molecule has 0 aliphatic carbocycles. The first-order valence-corrected chi connectivity index (χ1v) is 9.41.